The topological polar surface area (TPSA) is 46.9 Å². The Morgan fingerprint density at radius 1 is 1.08 bits per heavy atom. The van der Waals surface area contributed by atoms with Crippen LogP contribution in [0.3, 0.4) is 0 Å². The molecule has 2 aromatic carbocycles. The van der Waals surface area contributed by atoms with Gasteiger partial charge in [0.05, 0.1) is 22.8 Å². The molecule has 0 unspecified atom stereocenters. The van der Waals surface area contributed by atoms with Crippen LogP contribution in [-0.4, -0.2) is 15.5 Å². The summed E-state index contributed by atoms with van der Waals surface area (Å²) in [6.07, 6.45) is 5.71. The second kappa shape index (κ2) is 8.19. The Labute approximate surface area is 156 Å². The van der Waals surface area contributed by atoms with Crippen molar-refractivity contribution in [2.75, 3.05) is 0 Å². The zero-order chi connectivity index (χ0) is 17.6. The number of hydrogen-bond acceptors (Lipinski definition) is 2. The monoisotopic (exact) mass is 373 g/mol. The van der Waals surface area contributed by atoms with Gasteiger partial charge in [0.2, 0.25) is 5.91 Å². The standard InChI is InChI=1S/C19H17Cl2N3O/c20-17-6-5-14(9-18(17)21)10-19(25)23-11-15-3-1-2-4-16(15)12-24-8-7-22-13-24/h1-9,13H,10-12H2,(H,23,25). The summed E-state index contributed by atoms with van der Waals surface area (Å²) in [5, 5.41) is 3.90. The van der Waals surface area contributed by atoms with Gasteiger partial charge in [-0.2, -0.15) is 0 Å². The second-order valence-electron chi connectivity index (χ2n) is 5.71. The lowest BCUT2D eigenvalue weighted by molar-refractivity contribution is -0.120. The summed E-state index contributed by atoms with van der Waals surface area (Å²) in [7, 11) is 0. The molecule has 3 aromatic rings. The van der Waals surface area contributed by atoms with E-state index in [2.05, 4.69) is 16.4 Å². The fourth-order valence-electron chi connectivity index (χ4n) is 2.55. The van der Waals surface area contributed by atoms with E-state index in [0.29, 0.717) is 16.6 Å². The lowest BCUT2D eigenvalue weighted by Crippen LogP contribution is -2.25. The van der Waals surface area contributed by atoms with Crippen LogP contribution in [0.4, 0.5) is 0 Å². The van der Waals surface area contributed by atoms with E-state index in [0.717, 1.165) is 23.2 Å². The molecule has 6 heteroatoms. The van der Waals surface area contributed by atoms with Crippen molar-refractivity contribution in [2.45, 2.75) is 19.5 Å². The van der Waals surface area contributed by atoms with E-state index in [1.165, 1.54) is 0 Å². The smallest absolute Gasteiger partial charge is 0.224 e. The summed E-state index contributed by atoms with van der Waals surface area (Å²) in [5.74, 6) is -0.0594. The normalized spacial score (nSPS) is 10.6. The Bertz CT molecular complexity index is 863. The number of carbonyl (C=O) groups is 1. The third kappa shape index (κ3) is 4.84. The first kappa shape index (κ1) is 17.5. The molecule has 3 rings (SSSR count). The number of aromatic nitrogens is 2. The molecule has 0 fully saturated rings. The highest BCUT2D eigenvalue weighted by molar-refractivity contribution is 6.42. The molecule has 0 radical (unpaired) electrons. The summed E-state index contributed by atoms with van der Waals surface area (Å²) in [6, 6.07) is 13.3. The Balaban J connectivity index is 1.61. The minimum Gasteiger partial charge on any atom is -0.352 e. The molecule has 128 valence electrons. The molecule has 0 bridgehead atoms. The summed E-state index contributed by atoms with van der Waals surface area (Å²) in [4.78, 5) is 16.3. The number of rotatable bonds is 6. The Morgan fingerprint density at radius 2 is 1.88 bits per heavy atom. The average molecular weight is 374 g/mol. The number of hydrogen-bond donors (Lipinski definition) is 1. The van der Waals surface area contributed by atoms with Gasteiger partial charge in [0, 0.05) is 25.5 Å². The summed E-state index contributed by atoms with van der Waals surface area (Å²) in [6.45, 7) is 1.20. The van der Waals surface area contributed by atoms with Crippen LogP contribution in [0.2, 0.25) is 10.0 Å². The maximum Gasteiger partial charge on any atom is 0.224 e. The van der Waals surface area contributed by atoms with Crippen molar-refractivity contribution < 1.29 is 4.79 Å². The zero-order valence-electron chi connectivity index (χ0n) is 13.5. The molecular formula is C19H17Cl2N3O. The van der Waals surface area contributed by atoms with Gasteiger partial charge in [-0.15, -0.1) is 0 Å². The predicted molar refractivity (Wildman–Crippen MR) is 99.8 cm³/mol. The minimum absolute atomic E-state index is 0.0594. The predicted octanol–water partition coefficient (Wildman–Crippen LogP) is 4.10. The van der Waals surface area contributed by atoms with Crippen LogP contribution in [0.25, 0.3) is 0 Å². The summed E-state index contributed by atoms with van der Waals surface area (Å²) >= 11 is 11.9. The number of carbonyl (C=O) groups excluding carboxylic acids is 1. The molecule has 0 saturated carbocycles. The van der Waals surface area contributed by atoms with Crippen LogP contribution in [0, 0.1) is 0 Å². The summed E-state index contributed by atoms with van der Waals surface area (Å²) < 4.78 is 2.00. The molecule has 0 atom stereocenters. The van der Waals surface area contributed by atoms with E-state index in [1.54, 1.807) is 30.7 Å². The average Bonchev–Trinajstić information content (AvgIpc) is 3.10. The SMILES string of the molecule is O=C(Cc1ccc(Cl)c(Cl)c1)NCc1ccccc1Cn1ccnc1. The van der Waals surface area contributed by atoms with Crippen molar-refractivity contribution in [1.82, 2.24) is 14.9 Å². The van der Waals surface area contributed by atoms with Crippen molar-refractivity contribution in [3.63, 3.8) is 0 Å². The zero-order valence-corrected chi connectivity index (χ0v) is 15.0. The Morgan fingerprint density at radius 3 is 2.60 bits per heavy atom. The molecule has 0 saturated heterocycles. The van der Waals surface area contributed by atoms with Crippen LogP contribution in [0.5, 0.6) is 0 Å². The molecule has 4 nitrogen and oxygen atoms in total. The van der Waals surface area contributed by atoms with Gasteiger partial charge in [0.25, 0.3) is 0 Å². The van der Waals surface area contributed by atoms with Gasteiger partial charge in [0.15, 0.2) is 0 Å². The number of halogens is 2. The van der Waals surface area contributed by atoms with Crippen LogP contribution >= 0.6 is 23.2 Å². The second-order valence-corrected chi connectivity index (χ2v) is 6.52. The molecule has 0 spiro atoms. The van der Waals surface area contributed by atoms with Gasteiger partial charge in [-0.1, -0.05) is 53.5 Å². The molecular weight excluding hydrogens is 357 g/mol. The van der Waals surface area contributed by atoms with E-state index in [9.17, 15) is 4.79 Å². The molecule has 0 aliphatic carbocycles. The summed E-state index contributed by atoms with van der Waals surface area (Å²) in [5.41, 5.74) is 3.06. The molecule has 25 heavy (non-hydrogen) atoms. The first-order chi connectivity index (χ1) is 12.1. The van der Waals surface area contributed by atoms with Crippen LogP contribution < -0.4 is 5.32 Å². The van der Waals surface area contributed by atoms with Crippen molar-refractivity contribution in [3.05, 3.63) is 87.9 Å². The Kier molecular flexibility index (Phi) is 5.74. The number of benzene rings is 2. The molecule has 0 aliphatic rings. The van der Waals surface area contributed by atoms with E-state index >= 15 is 0 Å². The minimum atomic E-state index is -0.0594. The highest BCUT2D eigenvalue weighted by Crippen LogP contribution is 2.22. The highest BCUT2D eigenvalue weighted by atomic mass is 35.5. The fraction of sp³-hybridized carbons (Fsp3) is 0.158. The largest absolute Gasteiger partial charge is 0.352 e. The first-order valence-electron chi connectivity index (χ1n) is 7.85. The molecule has 1 aromatic heterocycles. The van der Waals surface area contributed by atoms with Crippen molar-refractivity contribution in [1.29, 1.82) is 0 Å². The molecule has 0 aliphatic heterocycles. The van der Waals surface area contributed by atoms with Gasteiger partial charge in [0.1, 0.15) is 0 Å². The molecule has 1 heterocycles. The molecule has 1 amide bonds. The van der Waals surface area contributed by atoms with Crippen LogP contribution in [0.15, 0.2) is 61.2 Å². The van der Waals surface area contributed by atoms with E-state index in [4.69, 9.17) is 23.2 Å². The van der Waals surface area contributed by atoms with Crippen molar-refractivity contribution >= 4 is 29.1 Å². The van der Waals surface area contributed by atoms with E-state index < -0.39 is 0 Å². The van der Waals surface area contributed by atoms with Gasteiger partial charge in [-0.05, 0) is 28.8 Å². The third-order valence-electron chi connectivity index (χ3n) is 3.86. The first-order valence-corrected chi connectivity index (χ1v) is 8.60. The van der Waals surface area contributed by atoms with Crippen LogP contribution in [0.1, 0.15) is 16.7 Å². The van der Waals surface area contributed by atoms with E-state index in [-0.39, 0.29) is 12.3 Å². The quantitative estimate of drug-likeness (QED) is 0.706. The lowest BCUT2D eigenvalue weighted by Gasteiger charge is -2.11. The fourth-order valence-corrected chi connectivity index (χ4v) is 2.87. The van der Waals surface area contributed by atoms with Gasteiger partial charge >= 0.3 is 0 Å². The van der Waals surface area contributed by atoms with Crippen LogP contribution in [-0.2, 0) is 24.3 Å². The van der Waals surface area contributed by atoms with E-state index in [1.807, 2.05) is 29.0 Å². The maximum atomic E-state index is 12.2. The van der Waals surface area contributed by atoms with Gasteiger partial charge in [-0.25, -0.2) is 4.98 Å². The molecule has 1 N–H and O–H groups in total. The van der Waals surface area contributed by atoms with Gasteiger partial charge < -0.3 is 9.88 Å². The van der Waals surface area contributed by atoms with Crippen molar-refractivity contribution in [2.24, 2.45) is 0 Å². The highest BCUT2D eigenvalue weighted by Gasteiger charge is 2.08. The van der Waals surface area contributed by atoms with Crippen molar-refractivity contribution in [3.8, 4) is 0 Å². The maximum absolute atomic E-state index is 12.2. The van der Waals surface area contributed by atoms with Gasteiger partial charge in [-0.3, -0.25) is 4.79 Å². The number of imidazole rings is 1. The number of nitrogens with one attached hydrogen (secondary N) is 1. The number of nitrogens with zero attached hydrogens (tertiary/aromatic N) is 2. The third-order valence-corrected chi connectivity index (χ3v) is 4.59. The Hall–Kier alpha value is -2.30. The lowest BCUT2D eigenvalue weighted by atomic mass is 10.1. The number of amides is 1.